The Balaban J connectivity index is 1.53. The van der Waals surface area contributed by atoms with Gasteiger partial charge in [-0.1, -0.05) is 37.6 Å². The average molecular weight is 574 g/mol. The number of amides is 1. The van der Waals surface area contributed by atoms with E-state index >= 15 is 0 Å². The van der Waals surface area contributed by atoms with Crippen LogP contribution in [0.4, 0.5) is 10.8 Å². The highest BCUT2D eigenvalue weighted by Gasteiger charge is 2.27. The molecule has 3 N–H and O–H groups in total. The molecule has 1 aromatic carbocycles. The minimum absolute atomic E-state index is 0.0437. The number of fused-ring (bicyclic) bond motifs is 1. The molecule has 0 fully saturated rings. The molecule has 0 radical (unpaired) electrons. The monoisotopic (exact) mass is 573 g/mol. The van der Waals surface area contributed by atoms with Crippen LogP contribution in [0.1, 0.15) is 77.0 Å². The molecule has 0 aliphatic heterocycles. The fourth-order valence-electron chi connectivity index (χ4n) is 4.78. The first-order valence-electron chi connectivity index (χ1n) is 13.4. The van der Waals surface area contributed by atoms with Crippen molar-refractivity contribution in [2.24, 2.45) is 0 Å². The van der Waals surface area contributed by atoms with Gasteiger partial charge in [0.2, 0.25) is 5.91 Å². The van der Waals surface area contributed by atoms with Crippen LogP contribution in [0, 0.1) is 22.7 Å². The lowest BCUT2D eigenvalue weighted by atomic mass is 9.96. The molecule has 2 heterocycles. The number of aryl methyl sites for hydroxylation is 2. The van der Waals surface area contributed by atoms with Crippen LogP contribution in [0.15, 0.2) is 29.3 Å². The van der Waals surface area contributed by atoms with Crippen LogP contribution in [0.2, 0.25) is 0 Å². The second-order valence-electron chi connectivity index (χ2n) is 9.34. The number of pyridine rings is 1. The maximum absolute atomic E-state index is 13.0. The predicted molar refractivity (Wildman–Crippen MR) is 158 cm³/mol. The molecule has 0 unspecified atom stereocenters. The van der Waals surface area contributed by atoms with Crippen LogP contribution in [0.25, 0.3) is 11.1 Å². The Bertz CT molecular complexity index is 1500. The second kappa shape index (κ2) is 13.5. The largest absolute Gasteiger partial charge is 0.462 e. The van der Waals surface area contributed by atoms with Gasteiger partial charge in [0.15, 0.2) is 0 Å². The van der Waals surface area contributed by atoms with Crippen LogP contribution >= 0.6 is 23.1 Å². The molecule has 8 nitrogen and oxygen atoms in total. The van der Waals surface area contributed by atoms with Crippen molar-refractivity contribution in [3.8, 4) is 23.3 Å². The van der Waals surface area contributed by atoms with Gasteiger partial charge in [0.05, 0.1) is 17.7 Å². The van der Waals surface area contributed by atoms with Gasteiger partial charge in [-0.25, -0.2) is 9.78 Å². The topological polar surface area (TPSA) is 142 Å². The van der Waals surface area contributed by atoms with E-state index in [1.807, 2.05) is 24.3 Å². The highest BCUT2D eigenvalue weighted by molar-refractivity contribution is 7.99. The fourth-order valence-corrected chi connectivity index (χ4v) is 7.01. The maximum atomic E-state index is 13.0. The Hall–Kier alpha value is -3.86. The van der Waals surface area contributed by atoms with Gasteiger partial charge in [-0.3, -0.25) is 4.79 Å². The van der Waals surface area contributed by atoms with E-state index in [9.17, 15) is 20.1 Å². The molecule has 10 heteroatoms. The molecule has 0 saturated carbocycles. The molecule has 1 amide bonds. The van der Waals surface area contributed by atoms with E-state index in [4.69, 9.17) is 10.5 Å². The number of nitrogen functional groups attached to an aromatic ring is 1. The number of thioether (sulfide) groups is 1. The van der Waals surface area contributed by atoms with E-state index in [-0.39, 0.29) is 35.9 Å². The predicted octanol–water partition coefficient (Wildman–Crippen LogP) is 6.26. The summed E-state index contributed by atoms with van der Waals surface area (Å²) >= 11 is 2.70. The first kappa shape index (κ1) is 29.1. The van der Waals surface area contributed by atoms with Crippen molar-refractivity contribution in [2.75, 3.05) is 23.4 Å². The number of aromatic nitrogens is 1. The van der Waals surface area contributed by atoms with Crippen LogP contribution in [0.5, 0.6) is 0 Å². The molecule has 2 aromatic heterocycles. The lowest BCUT2D eigenvalue weighted by Gasteiger charge is -2.13. The number of carbonyl (C=O) groups is 2. The minimum Gasteiger partial charge on any atom is -0.462 e. The lowest BCUT2D eigenvalue weighted by Crippen LogP contribution is -2.15. The van der Waals surface area contributed by atoms with Gasteiger partial charge in [0, 0.05) is 22.6 Å². The van der Waals surface area contributed by atoms with Crippen LogP contribution in [0.3, 0.4) is 0 Å². The van der Waals surface area contributed by atoms with Crippen molar-refractivity contribution in [1.29, 1.82) is 10.5 Å². The molecule has 1 aliphatic carbocycles. The maximum Gasteiger partial charge on any atom is 0.341 e. The number of carbonyl (C=O) groups excluding carboxylic acids is 2. The summed E-state index contributed by atoms with van der Waals surface area (Å²) in [7, 11) is 0. The zero-order valence-corrected chi connectivity index (χ0v) is 24.3. The smallest absolute Gasteiger partial charge is 0.341 e. The molecular weight excluding hydrogens is 542 g/mol. The van der Waals surface area contributed by atoms with Gasteiger partial charge in [-0.05, 0) is 55.7 Å². The molecule has 0 bridgehead atoms. The van der Waals surface area contributed by atoms with E-state index in [1.165, 1.54) is 23.1 Å². The number of nitrogens with zero attached hydrogens (tertiary/aromatic N) is 3. The number of esters is 1. The van der Waals surface area contributed by atoms with Gasteiger partial charge in [0.1, 0.15) is 33.5 Å². The first-order valence-corrected chi connectivity index (χ1v) is 15.2. The van der Waals surface area contributed by atoms with Crippen molar-refractivity contribution < 1.29 is 14.3 Å². The fraction of sp³-hybridized carbons (Fsp3) is 0.367. The van der Waals surface area contributed by atoms with Crippen LogP contribution in [-0.2, 0) is 28.8 Å². The Morgan fingerprint density at radius 2 is 1.82 bits per heavy atom. The van der Waals surface area contributed by atoms with Crippen molar-refractivity contribution in [3.63, 3.8) is 0 Å². The summed E-state index contributed by atoms with van der Waals surface area (Å²) in [5.41, 5.74) is 10.3. The SMILES string of the molecule is CCOC(=O)c1c(NC(=O)CCSc2nc(N)c(C#N)c(-c3ccc(CC)cc3)c2C#N)sc2c1CCCCC2. The standard InChI is InChI=1S/C30H31N5O3S2/c1-3-18-10-12-19(13-11-18)25-21(16-31)27(33)35-28(22(25)17-32)39-15-14-24(36)34-29-26(30(37)38-4-2)20-8-6-5-7-9-23(20)40-29/h10-13H,3-9,14-15H2,1-2H3,(H2,33,35)(H,34,36). The van der Waals surface area contributed by atoms with Crippen molar-refractivity contribution >= 4 is 45.8 Å². The summed E-state index contributed by atoms with van der Waals surface area (Å²) in [6.07, 6.45) is 5.88. The third-order valence-corrected chi connectivity index (χ3v) is 8.97. The van der Waals surface area contributed by atoms with E-state index in [0.29, 0.717) is 32.5 Å². The van der Waals surface area contributed by atoms with E-state index < -0.39 is 5.97 Å². The molecular formula is C30H31N5O3S2. The summed E-state index contributed by atoms with van der Waals surface area (Å²) < 4.78 is 5.31. The Labute approximate surface area is 242 Å². The Morgan fingerprint density at radius 3 is 2.50 bits per heavy atom. The third-order valence-electron chi connectivity index (χ3n) is 6.79. The Morgan fingerprint density at radius 1 is 1.10 bits per heavy atom. The highest BCUT2D eigenvalue weighted by Crippen LogP contribution is 2.39. The van der Waals surface area contributed by atoms with E-state index in [0.717, 1.165) is 54.5 Å². The number of ether oxygens (including phenoxy) is 1. The summed E-state index contributed by atoms with van der Waals surface area (Å²) in [5.74, 6) is -0.276. The number of rotatable bonds is 9. The van der Waals surface area contributed by atoms with Crippen molar-refractivity contribution in [2.45, 2.75) is 63.8 Å². The van der Waals surface area contributed by atoms with E-state index in [1.54, 1.807) is 6.92 Å². The first-order chi connectivity index (χ1) is 19.4. The number of benzene rings is 1. The molecule has 1 aliphatic rings. The summed E-state index contributed by atoms with van der Waals surface area (Å²) in [6, 6.07) is 12.0. The molecule has 0 atom stereocenters. The van der Waals surface area contributed by atoms with Crippen molar-refractivity contribution in [3.05, 3.63) is 57.0 Å². The molecule has 0 saturated heterocycles. The summed E-state index contributed by atoms with van der Waals surface area (Å²) in [4.78, 5) is 31.2. The van der Waals surface area contributed by atoms with E-state index in [2.05, 4.69) is 29.4 Å². The van der Waals surface area contributed by atoms with Crippen LogP contribution < -0.4 is 11.1 Å². The second-order valence-corrected chi connectivity index (χ2v) is 11.5. The number of nitrogens with two attached hydrogens (primary N) is 1. The molecule has 40 heavy (non-hydrogen) atoms. The number of anilines is 2. The van der Waals surface area contributed by atoms with Gasteiger partial charge >= 0.3 is 5.97 Å². The lowest BCUT2D eigenvalue weighted by molar-refractivity contribution is -0.115. The summed E-state index contributed by atoms with van der Waals surface area (Å²) in [5, 5.41) is 23.6. The van der Waals surface area contributed by atoms with Gasteiger partial charge < -0.3 is 15.8 Å². The number of thiophene rings is 1. The van der Waals surface area contributed by atoms with Gasteiger partial charge in [0.25, 0.3) is 0 Å². The number of nitriles is 2. The normalized spacial score (nSPS) is 12.5. The van der Waals surface area contributed by atoms with Gasteiger partial charge in [-0.15, -0.1) is 23.1 Å². The molecule has 4 rings (SSSR count). The van der Waals surface area contributed by atoms with Crippen LogP contribution in [-0.4, -0.2) is 29.2 Å². The molecule has 0 spiro atoms. The highest BCUT2D eigenvalue weighted by atomic mass is 32.2. The zero-order chi connectivity index (χ0) is 28.6. The minimum atomic E-state index is -0.401. The Kier molecular flexibility index (Phi) is 9.81. The average Bonchev–Trinajstić information content (AvgIpc) is 3.12. The zero-order valence-electron chi connectivity index (χ0n) is 22.6. The summed E-state index contributed by atoms with van der Waals surface area (Å²) in [6.45, 7) is 4.08. The molecule has 3 aromatic rings. The van der Waals surface area contributed by atoms with Gasteiger partial charge in [-0.2, -0.15) is 10.5 Å². The number of nitrogens with one attached hydrogen (secondary N) is 1. The molecule has 206 valence electrons. The quantitative estimate of drug-likeness (QED) is 0.173. The third kappa shape index (κ3) is 6.30. The number of hydrogen-bond acceptors (Lipinski definition) is 9. The number of hydrogen-bond donors (Lipinski definition) is 2. The van der Waals surface area contributed by atoms with Crippen molar-refractivity contribution in [1.82, 2.24) is 4.98 Å².